The summed E-state index contributed by atoms with van der Waals surface area (Å²) in [5.74, 6) is 0. The fourth-order valence-corrected chi connectivity index (χ4v) is 0. The first-order chi connectivity index (χ1) is 3.25. The van der Waals surface area contributed by atoms with E-state index in [0.717, 1.165) is 0 Å². The van der Waals surface area contributed by atoms with Crippen LogP contribution in [0.1, 0.15) is 13.8 Å². The van der Waals surface area contributed by atoms with Crippen LogP contribution in [0.4, 0.5) is 0 Å². The molecule has 0 fully saturated rings. The Balaban J connectivity index is 4.02. The summed E-state index contributed by atoms with van der Waals surface area (Å²) in [5.41, 5.74) is -0.812. The average molecular weight is 311 g/mol. The zero-order valence-corrected chi connectivity index (χ0v) is 9.34. The first-order valence-corrected chi connectivity index (χ1v) is 4.42. The van der Waals surface area contributed by atoms with Crippen LogP contribution in [0.2, 0.25) is 0 Å². The summed E-state index contributed by atoms with van der Waals surface area (Å²) in [4.78, 5) is 0. The Labute approximate surface area is 74.2 Å². The third-order valence-electron chi connectivity index (χ3n) is 0.694. The van der Waals surface area contributed by atoms with Gasteiger partial charge in [0, 0.05) is 0 Å². The van der Waals surface area contributed by atoms with Crippen LogP contribution < -0.4 is 0 Å². The lowest BCUT2D eigenvalue weighted by Crippen LogP contribution is -2.34. The lowest BCUT2D eigenvalue weighted by molar-refractivity contribution is 0.0956. The van der Waals surface area contributed by atoms with Crippen LogP contribution in [0.5, 0.6) is 0 Å². The molecule has 0 aliphatic carbocycles. The van der Waals surface area contributed by atoms with Crippen molar-refractivity contribution in [3.05, 3.63) is 0 Å². The van der Waals surface area contributed by atoms with Crippen molar-refractivity contribution < 1.29 is 5.11 Å². The van der Waals surface area contributed by atoms with Crippen LogP contribution in [0.3, 0.4) is 0 Å². The Kier molecular flexibility index (Phi) is 3.01. The Bertz CT molecular complexity index is 66.3. The van der Waals surface area contributed by atoms with Gasteiger partial charge in [-0.3, -0.25) is 0 Å². The molecule has 0 atom stereocenters. The quantitative estimate of drug-likeness (QED) is 0.682. The SMILES string of the molecule is CC(C)(O)C(Br)(Br)Br. The second-order valence-corrected chi connectivity index (χ2v) is 8.82. The van der Waals surface area contributed by atoms with Crippen molar-refractivity contribution in [2.45, 2.75) is 21.6 Å². The van der Waals surface area contributed by atoms with Crippen molar-refractivity contribution in [1.29, 1.82) is 0 Å². The highest BCUT2D eigenvalue weighted by Gasteiger charge is 2.36. The molecule has 0 amide bonds. The zero-order valence-electron chi connectivity index (χ0n) is 4.58. The molecule has 0 aromatic rings. The van der Waals surface area contributed by atoms with Crippen LogP contribution in [-0.4, -0.2) is 12.9 Å². The second kappa shape index (κ2) is 2.56. The van der Waals surface area contributed by atoms with Gasteiger partial charge >= 0.3 is 0 Å². The van der Waals surface area contributed by atoms with Gasteiger partial charge in [-0.05, 0) is 13.8 Å². The number of rotatable bonds is 0. The Morgan fingerprint density at radius 1 is 1.12 bits per heavy atom. The summed E-state index contributed by atoms with van der Waals surface area (Å²) in [6, 6.07) is 0. The van der Waals surface area contributed by atoms with Gasteiger partial charge < -0.3 is 5.11 Å². The normalized spacial score (nSPS) is 14.2. The van der Waals surface area contributed by atoms with Gasteiger partial charge in [-0.2, -0.15) is 0 Å². The third-order valence-corrected chi connectivity index (χ3v) is 3.60. The van der Waals surface area contributed by atoms with Crippen molar-refractivity contribution in [1.82, 2.24) is 0 Å². The van der Waals surface area contributed by atoms with E-state index in [1.807, 2.05) is 0 Å². The van der Waals surface area contributed by atoms with Crippen molar-refractivity contribution >= 4 is 47.8 Å². The lowest BCUT2D eigenvalue weighted by Gasteiger charge is -2.27. The molecule has 0 saturated carbocycles. The van der Waals surface area contributed by atoms with E-state index in [1.165, 1.54) is 0 Å². The molecule has 0 rings (SSSR count). The van der Waals surface area contributed by atoms with Crippen molar-refractivity contribution in [2.75, 3.05) is 0 Å². The van der Waals surface area contributed by atoms with E-state index >= 15 is 0 Å². The van der Waals surface area contributed by atoms with E-state index in [9.17, 15) is 5.11 Å². The molecule has 0 bridgehead atoms. The summed E-state index contributed by atoms with van der Waals surface area (Å²) in [7, 11) is 0. The van der Waals surface area contributed by atoms with Crippen LogP contribution >= 0.6 is 47.8 Å². The molecule has 8 heavy (non-hydrogen) atoms. The Hall–Kier alpha value is 1.40. The highest BCUT2D eigenvalue weighted by molar-refractivity contribution is 9.39. The number of halogens is 3. The standard InChI is InChI=1S/C4H7Br3O/c1-3(2,8)4(5,6)7/h8H,1-2H3. The Morgan fingerprint density at radius 3 is 1.25 bits per heavy atom. The average Bonchev–Trinajstić information content (AvgIpc) is 1.25. The minimum atomic E-state index is -0.812. The molecule has 0 unspecified atom stereocenters. The van der Waals surface area contributed by atoms with Gasteiger partial charge in [-0.1, -0.05) is 47.8 Å². The zero-order chi connectivity index (χ0) is 7.00. The molecular weight excluding hydrogens is 304 g/mol. The summed E-state index contributed by atoms with van der Waals surface area (Å²) >= 11 is 9.55. The molecule has 0 aliphatic heterocycles. The van der Waals surface area contributed by atoms with Crippen LogP contribution in [0, 0.1) is 0 Å². The summed E-state index contributed by atoms with van der Waals surface area (Å²) in [6.45, 7) is 3.37. The summed E-state index contributed by atoms with van der Waals surface area (Å²) in [5, 5.41) is 9.21. The number of hydrogen-bond acceptors (Lipinski definition) is 1. The minimum Gasteiger partial charge on any atom is -0.387 e. The van der Waals surface area contributed by atoms with Gasteiger partial charge in [0.25, 0.3) is 0 Å². The van der Waals surface area contributed by atoms with Crippen molar-refractivity contribution in [3.8, 4) is 0 Å². The third kappa shape index (κ3) is 2.80. The maximum atomic E-state index is 9.21. The van der Waals surface area contributed by atoms with Gasteiger partial charge in [0.1, 0.15) is 0 Å². The molecule has 0 spiro atoms. The maximum Gasteiger partial charge on any atom is 0.162 e. The highest BCUT2D eigenvalue weighted by atomic mass is 80.0. The van der Waals surface area contributed by atoms with Crippen LogP contribution in [-0.2, 0) is 0 Å². The van der Waals surface area contributed by atoms with Crippen molar-refractivity contribution in [3.63, 3.8) is 0 Å². The van der Waals surface area contributed by atoms with Gasteiger partial charge in [0.15, 0.2) is 2.14 Å². The second-order valence-electron chi connectivity index (χ2n) is 2.06. The Morgan fingerprint density at radius 2 is 1.25 bits per heavy atom. The van der Waals surface area contributed by atoms with E-state index < -0.39 is 7.74 Å². The minimum absolute atomic E-state index is 0.569. The largest absolute Gasteiger partial charge is 0.387 e. The number of alkyl halides is 3. The summed E-state index contributed by atoms with van der Waals surface area (Å²) < 4.78 is -0.569. The van der Waals surface area contributed by atoms with Crippen molar-refractivity contribution in [2.24, 2.45) is 0 Å². The molecule has 4 heteroatoms. The molecule has 50 valence electrons. The van der Waals surface area contributed by atoms with Gasteiger partial charge in [0.05, 0.1) is 5.60 Å². The molecule has 0 saturated heterocycles. The van der Waals surface area contributed by atoms with E-state index in [0.29, 0.717) is 0 Å². The predicted molar refractivity (Wildman–Crippen MR) is 45.8 cm³/mol. The monoisotopic (exact) mass is 308 g/mol. The highest BCUT2D eigenvalue weighted by Crippen LogP contribution is 2.43. The van der Waals surface area contributed by atoms with Crippen LogP contribution in [0.15, 0.2) is 0 Å². The molecule has 0 aliphatic rings. The number of aliphatic hydroxyl groups is 1. The molecular formula is C4H7Br3O. The van der Waals surface area contributed by atoms with Gasteiger partial charge in [-0.15, -0.1) is 0 Å². The molecule has 0 aromatic heterocycles. The summed E-state index contributed by atoms with van der Waals surface area (Å²) in [6.07, 6.45) is 0. The molecule has 0 aromatic carbocycles. The number of hydrogen-bond donors (Lipinski definition) is 1. The van der Waals surface area contributed by atoms with Gasteiger partial charge in [-0.25, -0.2) is 0 Å². The van der Waals surface area contributed by atoms with E-state index in [4.69, 9.17) is 0 Å². The fraction of sp³-hybridized carbons (Fsp3) is 1.00. The smallest absolute Gasteiger partial charge is 0.162 e. The lowest BCUT2D eigenvalue weighted by atomic mass is 10.2. The van der Waals surface area contributed by atoms with E-state index in [-0.39, 0.29) is 0 Å². The first kappa shape index (κ1) is 9.40. The van der Waals surface area contributed by atoms with Gasteiger partial charge in [0.2, 0.25) is 0 Å². The first-order valence-electron chi connectivity index (χ1n) is 2.04. The van der Waals surface area contributed by atoms with Crippen LogP contribution in [0.25, 0.3) is 0 Å². The molecule has 1 nitrogen and oxygen atoms in total. The fourth-order valence-electron chi connectivity index (χ4n) is 0. The maximum absolute atomic E-state index is 9.21. The van der Waals surface area contributed by atoms with E-state index in [2.05, 4.69) is 47.8 Å². The molecule has 0 heterocycles. The van der Waals surface area contributed by atoms with E-state index in [1.54, 1.807) is 13.8 Å². The molecule has 1 N–H and O–H groups in total. The topological polar surface area (TPSA) is 20.2 Å². The predicted octanol–water partition coefficient (Wildman–Crippen LogP) is 2.60. The molecule has 0 radical (unpaired) electrons.